The van der Waals surface area contributed by atoms with E-state index in [0.717, 1.165) is 95.2 Å². The molecule has 2 aliphatic heterocycles. The van der Waals surface area contributed by atoms with Crippen molar-refractivity contribution in [2.45, 2.75) is 39.0 Å². The molecule has 0 amide bonds. The molecule has 0 saturated heterocycles. The second-order valence-electron chi connectivity index (χ2n) is 16.8. The van der Waals surface area contributed by atoms with Crippen molar-refractivity contribution in [3.05, 3.63) is 156 Å². The van der Waals surface area contributed by atoms with Gasteiger partial charge >= 0.3 is 0 Å². The van der Waals surface area contributed by atoms with Crippen LogP contribution in [0.4, 0.5) is 11.4 Å². The van der Waals surface area contributed by atoms with Crippen LogP contribution >= 0.6 is 0 Å². The molecule has 0 radical (unpaired) electrons. The molecule has 2 aliphatic rings. The van der Waals surface area contributed by atoms with Gasteiger partial charge in [-0.25, -0.2) is 0 Å². The summed E-state index contributed by atoms with van der Waals surface area (Å²) in [5.41, 5.74) is 17.6. The minimum Gasteiger partial charge on any atom is -0.492 e. The van der Waals surface area contributed by atoms with Crippen LogP contribution in [0.3, 0.4) is 0 Å². The Hall–Kier alpha value is -7.58. The van der Waals surface area contributed by atoms with Crippen LogP contribution in [0.15, 0.2) is 128 Å². The van der Waals surface area contributed by atoms with Crippen molar-refractivity contribution in [2.75, 3.05) is 39.1 Å². The molecule has 6 aromatic carbocycles. The Morgan fingerprint density at radius 2 is 0.984 bits per heavy atom. The van der Waals surface area contributed by atoms with Crippen molar-refractivity contribution >= 4 is 45.3 Å². The number of hydrogen-bond acceptors (Lipinski definition) is 8. The average molecular weight is 843 g/mol. The van der Waals surface area contributed by atoms with E-state index in [1.807, 2.05) is 43.0 Å². The van der Waals surface area contributed by atoms with Crippen molar-refractivity contribution in [3.63, 3.8) is 0 Å². The quantitative estimate of drug-likeness (QED) is 0.126. The van der Waals surface area contributed by atoms with Gasteiger partial charge in [0.1, 0.15) is 11.0 Å². The number of anilines is 2. The number of hydrogen-bond donors (Lipinski definition) is 2. The van der Waals surface area contributed by atoms with E-state index in [4.69, 9.17) is 28.9 Å². The molecule has 10 rings (SSSR count). The second kappa shape index (κ2) is 16.6. The Balaban J connectivity index is 1.03. The van der Waals surface area contributed by atoms with Gasteiger partial charge in [0.25, 0.3) is 0 Å². The lowest BCUT2D eigenvalue weighted by Crippen LogP contribution is -2.06. The van der Waals surface area contributed by atoms with Gasteiger partial charge in [0.05, 0.1) is 39.8 Å². The summed E-state index contributed by atoms with van der Waals surface area (Å²) in [5.74, 6) is 3.15. The van der Waals surface area contributed by atoms with E-state index < -0.39 is 0 Å². The summed E-state index contributed by atoms with van der Waals surface area (Å²) >= 11 is 0. The van der Waals surface area contributed by atoms with Gasteiger partial charge in [-0.05, 0) is 80.5 Å². The number of pyridine rings is 2. The van der Waals surface area contributed by atoms with E-state index in [1.165, 1.54) is 16.7 Å². The maximum Gasteiger partial charge on any atom is 0.187 e. The normalized spacial score (nSPS) is 12.9. The summed E-state index contributed by atoms with van der Waals surface area (Å²) < 4.78 is 24.4. The highest BCUT2D eigenvalue weighted by Crippen LogP contribution is 2.53. The molecule has 0 spiro atoms. The molecule has 0 aliphatic carbocycles. The van der Waals surface area contributed by atoms with Gasteiger partial charge in [-0.2, -0.15) is 0 Å². The van der Waals surface area contributed by atoms with Crippen molar-refractivity contribution < 1.29 is 18.9 Å². The minimum atomic E-state index is 0.195. The zero-order valence-corrected chi connectivity index (χ0v) is 37.2. The van der Waals surface area contributed by atoms with Gasteiger partial charge in [-0.3, -0.25) is 9.97 Å². The SMILES string of the molecule is COc1c(-c2ccccc2)c2c3c(c(-c4cccc(CC(C)c5cccc(-c6c(OC)c(OC)c7ncc(-c8cccc(C(C)C)c8)c8c7c6C=CN8)c5)c4)cnc3c1OC)NC=C2. The zero-order chi connectivity index (χ0) is 44.1. The maximum atomic E-state index is 6.21. The summed E-state index contributed by atoms with van der Waals surface area (Å²) in [5, 5.41) is 9.17. The Kier molecular flexibility index (Phi) is 10.5. The van der Waals surface area contributed by atoms with Crippen molar-refractivity contribution in [2.24, 2.45) is 0 Å². The Morgan fingerprint density at radius 1 is 0.500 bits per heavy atom. The molecule has 0 fully saturated rings. The molecule has 0 saturated carbocycles. The van der Waals surface area contributed by atoms with Crippen LogP contribution in [0, 0.1) is 0 Å². The van der Waals surface area contributed by atoms with Gasteiger partial charge in [-0.1, -0.05) is 124 Å². The smallest absolute Gasteiger partial charge is 0.187 e. The van der Waals surface area contributed by atoms with E-state index in [9.17, 15) is 0 Å². The van der Waals surface area contributed by atoms with Crippen molar-refractivity contribution in [1.29, 1.82) is 0 Å². The number of methoxy groups -OCH3 is 4. The van der Waals surface area contributed by atoms with Gasteiger partial charge < -0.3 is 29.6 Å². The summed E-state index contributed by atoms with van der Waals surface area (Å²) in [7, 11) is 6.75. The van der Waals surface area contributed by atoms with E-state index in [0.29, 0.717) is 28.9 Å². The minimum absolute atomic E-state index is 0.195. The van der Waals surface area contributed by atoms with Crippen molar-refractivity contribution in [1.82, 2.24) is 9.97 Å². The van der Waals surface area contributed by atoms with E-state index >= 15 is 0 Å². The van der Waals surface area contributed by atoms with Gasteiger partial charge in [-0.15, -0.1) is 0 Å². The third-order valence-corrected chi connectivity index (χ3v) is 12.8. The molecule has 318 valence electrons. The topological polar surface area (TPSA) is 86.8 Å². The number of aromatic nitrogens is 2. The third kappa shape index (κ3) is 6.68. The first-order chi connectivity index (χ1) is 31.3. The summed E-state index contributed by atoms with van der Waals surface area (Å²) in [6.07, 6.45) is 13.0. The Morgan fingerprint density at radius 3 is 1.55 bits per heavy atom. The number of nitrogens with zero attached hydrogens (tertiary/aromatic N) is 2. The first-order valence-electron chi connectivity index (χ1n) is 21.8. The average Bonchev–Trinajstić information content (AvgIpc) is 3.34. The molecule has 2 aromatic heterocycles. The predicted octanol–water partition coefficient (Wildman–Crippen LogP) is 13.7. The first-order valence-corrected chi connectivity index (χ1v) is 21.8. The zero-order valence-electron chi connectivity index (χ0n) is 37.2. The number of benzene rings is 6. The first kappa shape index (κ1) is 40.5. The van der Waals surface area contributed by atoms with Gasteiger partial charge in [0, 0.05) is 57.8 Å². The molecule has 4 heterocycles. The van der Waals surface area contributed by atoms with Crippen LogP contribution in [0.25, 0.3) is 78.5 Å². The fraction of sp³-hybridized carbons (Fsp3) is 0.179. The molecule has 8 heteroatoms. The van der Waals surface area contributed by atoms with Crippen LogP contribution in [-0.2, 0) is 6.42 Å². The monoisotopic (exact) mass is 842 g/mol. The summed E-state index contributed by atoms with van der Waals surface area (Å²) in [4.78, 5) is 10.1. The standard InChI is InChI=1S/C56H50N4O4/c1-32(2)36-17-12-20-39(28-36)44-31-60-52-48-42(23-25-58-50(44)48)46(54(62-5)56(52)64-7)40-21-13-18-37(29-40)33(3)26-34-14-11-19-38(27-34)43-30-59-51-47-41(22-24-57-49(43)47)45(35-15-9-8-10-16-35)53(61-4)55(51)63-6/h8-25,27-33,57-58H,26H2,1-7H3. The molecular formula is C56H50N4O4. The lowest BCUT2D eigenvalue weighted by Gasteiger charge is -2.25. The third-order valence-electron chi connectivity index (χ3n) is 12.8. The molecule has 2 N–H and O–H groups in total. The number of nitrogens with one attached hydrogen (secondary N) is 2. The van der Waals surface area contributed by atoms with Gasteiger partial charge in [0.15, 0.2) is 23.0 Å². The molecule has 1 unspecified atom stereocenters. The van der Waals surface area contributed by atoms with Gasteiger partial charge in [0.2, 0.25) is 0 Å². The molecule has 0 bridgehead atoms. The fourth-order valence-corrected chi connectivity index (χ4v) is 9.67. The highest BCUT2D eigenvalue weighted by molar-refractivity contribution is 6.14. The molecule has 64 heavy (non-hydrogen) atoms. The highest BCUT2D eigenvalue weighted by Gasteiger charge is 2.29. The molecule has 8 aromatic rings. The summed E-state index contributed by atoms with van der Waals surface area (Å²) in [6, 6.07) is 36.7. The molecular weight excluding hydrogens is 793 g/mol. The van der Waals surface area contributed by atoms with Crippen molar-refractivity contribution in [3.8, 4) is 67.5 Å². The lowest BCUT2D eigenvalue weighted by atomic mass is 9.86. The highest BCUT2D eigenvalue weighted by atomic mass is 16.5. The molecule has 8 nitrogen and oxygen atoms in total. The predicted molar refractivity (Wildman–Crippen MR) is 263 cm³/mol. The fourth-order valence-electron chi connectivity index (χ4n) is 9.67. The Bertz CT molecular complexity index is 3190. The van der Waals surface area contributed by atoms with Crippen LogP contribution < -0.4 is 29.6 Å². The van der Waals surface area contributed by atoms with Crippen LogP contribution in [0.1, 0.15) is 60.4 Å². The molecule has 1 atom stereocenters. The lowest BCUT2D eigenvalue weighted by molar-refractivity contribution is 0.359. The number of rotatable bonds is 12. The summed E-state index contributed by atoms with van der Waals surface area (Å²) in [6.45, 7) is 6.73. The van der Waals surface area contributed by atoms with E-state index in [1.54, 1.807) is 28.4 Å². The Labute approximate surface area is 374 Å². The van der Waals surface area contributed by atoms with Crippen LogP contribution in [0.2, 0.25) is 0 Å². The van der Waals surface area contributed by atoms with E-state index in [-0.39, 0.29) is 5.92 Å². The largest absolute Gasteiger partial charge is 0.492 e. The number of ether oxygens (including phenoxy) is 4. The van der Waals surface area contributed by atoms with E-state index in [2.05, 4.69) is 128 Å². The maximum absolute atomic E-state index is 6.21. The van der Waals surface area contributed by atoms with Crippen LogP contribution in [-0.4, -0.2) is 38.4 Å². The van der Waals surface area contributed by atoms with Crippen LogP contribution in [0.5, 0.6) is 23.0 Å². The second-order valence-corrected chi connectivity index (χ2v) is 16.8.